The van der Waals surface area contributed by atoms with E-state index in [-0.39, 0.29) is 5.91 Å². The van der Waals surface area contributed by atoms with Gasteiger partial charge in [-0.25, -0.2) is 0 Å². The minimum Gasteiger partial charge on any atom is -0.356 e. The quantitative estimate of drug-likeness (QED) is 0.749. The first-order chi connectivity index (χ1) is 12.4. The maximum absolute atomic E-state index is 11.5. The topological polar surface area (TPSA) is 49.4 Å². The third kappa shape index (κ3) is 9.59. The number of hydrogen-bond donors (Lipinski definition) is 1. The molecule has 0 saturated heterocycles. The van der Waals surface area contributed by atoms with Gasteiger partial charge in [-0.15, -0.1) is 0 Å². The first-order valence-electron chi connectivity index (χ1n) is 10.9. The number of nitrogens with one attached hydrogen (secondary N) is 1. The van der Waals surface area contributed by atoms with Crippen LogP contribution in [0.1, 0.15) is 87.0 Å². The van der Waals surface area contributed by atoms with Gasteiger partial charge < -0.3 is 10.2 Å². The molecule has 4 unspecified atom stereocenters. The summed E-state index contributed by atoms with van der Waals surface area (Å²) in [6.07, 6.45) is 7.09. The summed E-state index contributed by atoms with van der Waals surface area (Å²) < 4.78 is 0. The van der Waals surface area contributed by atoms with Gasteiger partial charge in [0.05, 0.1) is 0 Å². The summed E-state index contributed by atoms with van der Waals surface area (Å²) in [5.41, 5.74) is 0. The lowest BCUT2D eigenvalue weighted by Crippen LogP contribution is -2.31. The van der Waals surface area contributed by atoms with E-state index in [0.717, 1.165) is 19.4 Å². The molecule has 4 atom stereocenters. The molecule has 1 N–H and O–H groups in total. The van der Waals surface area contributed by atoms with E-state index >= 15 is 0 Å². The molecule has 4 heteroatoms. The Labute approximate surface area is 163 Å². The van der Waals surface area contributed by atoms with Crippen molar-refractivity contribution in [1.82, 2.24) is 10.2 Å². The SMILES string of the molecule is CC.CC.CC1CCCC1C(=O)N(C)C.CCNC(=O)C1CCCC1C. The maximum atomic E-state index is 11.5. The summed E-state index contributed by atoms with van der Waals surface area (Å²) in [5.74, 6) is 2.39. The van der Waals surface area contributed by atoms with Gasteiger partial charge >= 0.3 is 0 Å². The standard InChI is InChI=1S/2C9H17NO.2C2H6/c1-7-5-4-6-8(7)9(11)10(2)3;1-3-10-9(11)8-6-4-5-7(8)2;2*1-2/h7-8H,4-6H2,1-3H3;7-8H,3-6H2,1-2H3,(H,10,11);2*1-2H3. The molecule has 0 spiro atoms. The molecule has 2 aliphatic carbocycles. The molecule has 0 aromatic carbocycles. The lowest BCUT2D eigenvalue weighted by atomic mass is 9.97. The van der Waals surface area contributed by atoms with Crippen LogP contribution < -0.4 is 5.32 Å². The number of carbonyl (C=O) groups is 2. The fourth-order valence-corrected chi connectivity index (χ4v) is 3.68. The molecule has 2 amide bonds. The monoisotopic (exact) mass is 370 g/mol. The lowest BCUT2D eigenvalue weighted by molar-refractivity contribution is -0.133. The molecule has 0 aromatic rings. The molecule has 0 bridgehead atoms. The van der Waals surface area contributed by atoms with Gasteiger partial charge in [-0.2, -0.15) is 0 Å². The van der Waals surface area contributed by atoms with Gasteiger partial charge in [-0.3, -0.25) is 9.59 Å². The smallest absolute Gasteiger partial charge is 0.225 e. The second kappa shape index (κ2) is 16.1. The van der Waals surface area contributed by atoms with Crippen LogP contribution in [0, 0.1) is 23.7 Å². The van der Waals surface area contributed by atoms with Crippen LogP contribution in [-0.2, 0) is 9.59 Å². The minimum absolute atomic E-state index is 0.262. The minimum atomic E-state index is 0.262. The fourth-order valence-electron chi connectivity index (χ4n) is 3.68. The number of hydrogen-bond acceptors (Lipinski definition) is 2. The van der Waals surface area contributed by atoms with Gasteiger partial charge in [0.2, 0.25) is 11.8 Å². The van der Waals surface area contributed by atoms with E-state index < -0.39 is 0 Å². The molecule has 156 valence electrons. The van der Waals surface area contributed by atoms with E-state index in [2.05, 4.69) is 19.2 Å². The highest BCUT2D eigenvalue weighted by Crippen LogP contribution is 2.32. The maximum Gasteiger partial charge on any atom is 0.225 e. The van der Waals surface area contributed by atoms with E-state index in [9.17, 15) is 9.59 Å². The van der Waals surface area contributed by atoms with Crippen LogP contribution in [0.25, 0.3) is 0 Å². The van der Waals surface area contributed by atoms with Crippen LogP contribution in [-0.4, -0.2) is 37.4 Å². The summed E-state index contributed by atoms with van der Waals surface area (Å²) in [6, 6.07) is 0. The van der Waals surface area contributed by atoms with E-state index in [1.165, 1.54) is 25.7 Å². The number of amides is 2. The Bertz CT molecular complexity index is 369. The van der Waals surface area contributed by atoms with Gasteiger partial charge in [0.15, 0.2) is 0 Å². The van der Waals surface area contributed by atoms with Crippen molar-refractivity contribution >= 4 is 11.8 Å². The highest BCUT2D eigenvalue weighted by molar-refractivity contribution is 5.79. The molecule has 2 fully saturated rings. The summed E-state index contributed by atoms with van der Waals surface area (Å²) in [6.45, 7) is 15.1. The third-order valence-electron chi connectivity index (χ3n) is 5.17. The van der Waals surface area contributed by atoms with Crippen LogP contribution in [0.3, 0.4) is 0 Å². The first-order valence-corrected chi connectivity index (χ1v) is 10.9. The Balaban J connectivity index is 0. The summed E-state index contributed by atoms with van der Waals surface area (Å²) in [5, 5.41) is 2.88. The zero-order chi connectivity index (χ0) is 20.7. The molecule has 0 aliphatic heterocycles. The molecule has 2 aliphatic rings. The average Bonchev–Trinajstić information content (AvgIpc) is 3.26. The zero-order valence-corrected chi connectivity index (χ0v) is 19.0. The molecule has 0 aromatic heterocycles. The van der Waals surface area contributed by atoms with Crippen molar-refractivity contribution in [2.24, 2.45) is 23.7 Å². The lowest BCUT2D eigenvalue weighted by Gasteiger charge is -2.19. The summed E-state index contributed by atoms with van der Waals surface area (Å²) >= 11 is 0. The predicted molar refractivity (Wildman–Crippen MR) is 113 cm³/mol. The van der Waals surface area contributed by atoms with Crippen molar-refractivity contribution in [1.29, 1.82) is 0 Å². The van der Waals surface area contributed by atoms with E-state index in [4.69, 9.17) is 0 Å². The largest absolute Gasteiger partial charge is 0.356 e. The number of rotatable bonds is 3. The Morgan fingerprint density at radius 1 is 0.846 bits per heavy atom. The van der Waals surface area contributed by atoms with E-state index in [0.29, 0.717) is 29.6 Å². The van der Waals surface area contributed by atoms with Gasteiger partial charge in [-0.05, 0) is 44.4 Å². The van der Waals surface area contributed by atoms with Crippen molar-refractivity contribution in [2.75, 3.05) is 20.6 Å². The molecule has 26 heavy (non-hydrogen) atoms. The average molecular weight is 371 g/mol. The van der Waals surface area contributed by atoms with Crippen molar-refractivity contribution < 1.29 is 9.59 Å². The number of nitrogens with zero attached hydrogens (tertiary/aromatic N) is 1. The van der Waals surface area contributed by atoms with Gasteiger partial charge in [0.25, 0.3) is 0 Å². The Morgan fingerprint density at radius 2 is 1.27 bits per heavy atom. The summed E-state index contributed by atoms with van der Waals surface area (Å²) in [7, 11) is 3.68. The fraction of sp³-hybridized carbons (Fsp3) is 0.909. The molecule has 4 nitrogen and oxygen atoms in total. The van der Waals surface area contributed by atoms with Crippen LogP contribution in [0.4, 0.5) is 0 Å². The molecule has 0 radical (unpaired) electrons. The predicted octanol–water partition coefficient (Wildman–Crippen LogP) is 5.12. The Morgan fingerprint density at radius 3 is 1.58 bits per heavy atom. The number of carbonyl (C=O) groups excluding carboxylic acids is 2. The second-order valence-electron chi connectivity index (χ2n) is 7.16. The Hall–Kier alpha value is -1.06. The molecule has 2 saturated carbocycles. The Kier molecular flexibility index (Phi) is 16.9. The molecular formula is C22H46N2O2. The van der Waals surface area contributed by atoms with Gasteiger partial charge in [0, 0.05) is 32.5 Å². The second-order valence-corrected chi connectivity index (χ2v) is 7.16. The highest BCUT2D eigenvalue weighted by atomic mass is 16.2. The molecule has 0 heterocycles. The van der Waals surface area contributed by atoms with Crippen LogP contribution >= 0.6 is 0 Å². The zero-order valence-electron chi connectivity index (χ0n) is 19.0. The van der Waals surface area contributed by atoms with E-state index in [1.807, 2.05) is 48.7 Å². The normalized spacial score (nSPS) is 26.2. The van der Waals surface area contributed by atoms with Crippen molar-refractivity contribution in [3.8, 4) is 0 Å². The van der Waals surface area contributed by atoms with Crippen LogP contribution in [0.5, 0.6) is 0 Å². The van der Waals surface area contributed by atoms with Crippen molar-refractivity contribution in [3.63, 3.8) is 0 Å². The highest BCUT2D eigenvalue weighted by Gasteiger charge is 2.30. The van der Waals surface area contributed by atoms with Crippen molar-refractivity contribution in [3.05, 3.63) is 0 Å². The first kappa shape index (κ1) is 27.2. The molecule has 2 rings (SSSR count). The van der Waals surface area contributed by atoms with Crippen molar-refractivity contribution in [2.45, 2.75) is 87.0 Å². The van der Waals surface area contributed by atoms with E-state index in [1.54, 1.807) is 4.90 Å². The van der Waals surface area contributed by atoms with Gasteiger partial charge in [-0.1, -0.05) is 54.4 Å². The summed E-state index contributed by atoms with van der Waals surface area (Å²) in [4.78, 5) is 24.5. The molecular weight excluding hydrogens is 324 g/mol. The third-order valence-corrected chi connectivity index (χ3v) is 5.17. The van der Waals surface area contributed by atoms with Gasteiger partial charge in [0.1, 0.15) is 0 Å². The van der Waals surface area contributed by atoms with Crippen LogP contribution in [0.15, 0.2) is 0 Å². The van der Waals surface area contributed by atoms with Crippen LogP contribution in [0.2, 0.25) is 0 Å².